The zero-order valence-electron chi connectivity index (χ0n) is 19.9. The molecule has 0 radical (unpaired) electrons. The maximum Gasteiger partial charge on any atom is 0.262 e. The summed E-state index contributed by atoms with van der Waals surface area (Å²) in [6.45, 7) is 7.97. The van der Waals surface area contributed by atoms with E-state index in [1.165, 1.54) is 11.3 Å². The molecule has 0 aliphatic carbocycles. The average molecular weight is 470 g/mol. The minimum absolute atomic E-state index is 0.00700. The third-order valence-corrected chi connectivity index (χ3v) is 7.08. The van der Waals surface area contributed by atoms with Crippen LogP contribution >= 0.6 is 11.3 Å². The summed E-state index contributed by atoms with van der Waals surface area (Å²) in [4.78, 5) is 34.4. The van der Waals surface area contributed by atoms with Gasteiger partial charge in [-0.05, 0) is 41.5 Å². The highest BCUT2D eigenvalue weighted by Crippen LogP contribution is 2.33. The maximum atomic E-state index is 13.3. The summed E-state index contributed by atoms with van der Waals surface area (Å²) in [6.07, 6.45) is 3.53. The molecule has 0 saturated heterocycles. The van der Waals surface area contributed by atoms with Crippen LogP contribution in [0.5, 0.6) is 11.5 Å². The summed E-state index contributed by atoms with van der Waals surface area (Å²) in [5.74, 6) is 1.53. The van der Waals surface area contributed by atoms with Gasteiger partial charge >= 0.3 is 0 Å². The molecule has 1 aromatic carbocycles. The number of methoxy groups -OCH3 is 2. The molecule has 8 heteroatoms. The molecule has 176 valence electrons. The van der Waals surface area contributed by atoms with Crippen LogP contribution in [0.3, 0.4) is 0 Å². The van der Waals surface area contributed by atoms with Crippen LogP contribution in [0, 0.1) is 5.41 Å². The van der Waals surface area contributed by atoms with Crippen molar-refractivity contribution in [3.05, 3.63) is 50.9 Å². The van der Waals surface area contributed by atoms with Crippen molar-refractivity contribution in [1.29, 1.82) is 0 Å². The number of aromatic nitrogens is 2. The summed E-state index contributed by atoms with van der Waals surface area (Å²) < 4.78 is 12.4. The molecule has 33 heavy (non-hydrogen) atoms. The average Bonchev–Trinajstić information content (AvgIpc) is 3.15. The van der Waals surface area contributed by atoms with Gasteiger partial charge in [-0.15, -0.1) is 11.3 Å². The molecule has 0 atom stereocenters. The van der Waals surface area contributed by atoms with E-state index in [-0.39, 0.29) is 16.9 Å². The standard InChI is InChI=1S/C25H31N3O4S/c1-25(2,3)13-21(29)27-11-9-17-20(14-27)33-23-22(17)24(30)28(15-26-23)10-8-16-6-7-18(31-4)19(12-16)32-5/h6-7,12,15H,8-11,13-14H2,1-5H3. The minimum atomic E-state index is -0.0410. The number of fused-ring (bicyclic) bond motifs is 3. The molecule has 0 spiro atoms. The van der Waals surface area contributed by atoms with Crippen LogP contribution in [-0.2, 0) is 30.7 Å². The molecular weight excluding hydrogens is 438 g/mol. The number of carbonyl (C=O) groups is 1. The van der Waals surface area contributed by atoms with Gasteiger partial charge in [0.15, 0.2) is 11.5 Å². The SMILES string of the molecule is COc1ccc(CCn2cnc3sc4c(c3c2=O)CCN(C(=O)CC(C)(C)C)C4)cc1OC. The molecule has 0 saturated carbocycles. The topological polar surface area (TPSA) is 73.7 Å². The fraction of sp³-hybridized carbons (Fsp3) is 0.480. The summed E-state index contributed by atoms with van der Waals surface area (Å²) in [6, 6.07) is 5.79. The molecular formula is C25H31N3O4S. The van der Waals surface area contributed by atoms with Crippen molar-refractivity contribution in [3.63, 3.8) is 0 Å². The number of carbonyl (C=O) groups excluding carboxylic acids is 1. The normalized spacial score (nSPS) is 13.8. The van der Waals surface area contributed by atoms with E-state index in [1.54, 1.807) is 25.1 Å². The number of thiophene rings is 1. The smallest absolute Gasteiger partial charge is 0.262 e. The van der Waals surface area contributed by atoms with Crippen molar-refractivity contribution < 1.29 is 14.3 Å². The Bertz CT molecular complexity index is 1240. The van der Waals surface area contributed by atoms with Gasteiger partial charge in [-0.25, -0.2) is 4.98 Å². The molecule has 0 N–H and O–H groups in total. The van der Waals surface area contributed by atoms with Crippen molar-refractivity contribution in [3.8, 4) is 11.5 Å². The number of nitrogens with zero attached hydrogens (tertiary/aromatic N) is 3. The molecule has 0 unspecified atom stereocenters. The lowest BCUT2D eigenvalue weighted by molar-refractivity contribution is -0.133. The number of amides is 1. The monoisotopic (exact) mass is 469 g/mol. The second-order valence-electron chi connectivity index (χ2n) is 9.67. The number of benzene rings is 1. The minimum Gasteiger partial charge on any atom is -0.493 e. The van der Waals surface area contributed by atoms with E-state index in [0.29, 0.717) is 55.8 Å². The Morgan fingerprint density at radius 3 is 2.64 bits per heavy atom. The number of ether oxygens (including phenoxy) is 2. The van der Waals surface area contributed by atoms with Gasteiger partial charge in [0.05, 0.1) is 32.5 Å². The van der Waals surface area contributed by atoms with Gasteiger partial charge in [0.25, 0.3) is 5.56 Å². The van der Waals surface area contributed by atoms with Crippen molar-refractivity contribution in [2.45, 2.75) is 53.1 Å². The Morgan fingerprint density at radius 2 is 1.94 bits per heavy atom. The molecule has 2 aromatic heterocycles. The van der Waals surface area contributed by atoms with Gasteiger partial charge in [-0.1, -0.05) is 26.8 Å². The van der Waals surface area contributed by atoms with Gasteiger partial charge in [-0.3, -0.25) is 14.2 Å². The molecule has 3 heterocycles. The first-order chi connectivity index (χ1) is 15.7. The highest BCUT2D eigenvalue weighted by molar-refractivity contribution is 7.18. The van der Waals surface area contributed by atoms with Crippen LogP contribution in [0.2, 0.25) is 0 Å². The quantitative estimate of drug-likeness (QED) is 0.545. The van der Waals surface area contributed by atoms with Crippen LogP contribution in [0.4, 0.5) is 0 Å². The zero-order chi connectivity index (χ0) is 23.8. The second kappa shape index (κ2) is 9.17. The second-order valence-corrected chi connectivity index (χ2v) is 10.8. The van der Waals surface area contributed by atoms with Crippen LogP contribution in [0.15, 0.2) is 29.3 Å². The number of hydrogen-bond acceptors (Lipinski definition) is 6. The number of rotatable bonds is 6. The lowest BCUT2D eigenvalue weighted by atomic mass is 9.91. The van der Waals surface area contributed by atoms with Crippen LogP contribution < -0.4 is 15.0 Å². The number of hydrogen-bond donors (Lipinski definition) is 0. The fourth-order valence-electron chi connectivity index (χ4n) is 4.24. The van der Waals surface area contributed by atoms with E-state index < -0.39 is 0 Å². The number of aryl methyl sites for hydroxylation is 2. The van der Waals surface area contributed by atoms with Gasteiger partial charge in [0.2, 0.25) is 5.91 Å². The summed E-state index contributed by atoms with van der Waals surface area (Å²) in [5, 5.41) is 0.715. The Kier molecular flexibility index (Phi) is 6.47. The van der Waals surface area contributed by atoms with E-state index in [0.717, 1.165) is 20.8 Å². The molecule has 1 aliphatic rings. The maximum absolute atomic E-state index is 13.3. The molecule has 0 bridgehead atoms. The molecule has 7 nitrogen and oxygen atoms in total. The highest BCUT2D eigenvalue weighted by atomic mass is 32.1. The summed E-state index contributed by atoms with van der Waals surface area (Å²) >= 11 is 1.54. The first-order valence-corrected chi connectivity index (χ1v) is 12.0. The Hall–Kier alpha value is -2.87. The van der Waals surface area contributed by atoms with Crippen molar-refractivity contribution >= 4 is 27.5 Å². The molecule has 1 amide bonds. The Balaban J connectivity index is 1.55. The third-order valence-electron chi connectivity index (χ3n) is 5.95. The lowest BCUT2D eigenvalue weighted by Gasteiger charge is -2.29. The van der Waals surface area contributed by atoms with Crippen molar-refractivity contribution in [2.24, 2.45) is 5.41 Å². The zero-order valence-corrected chi connectivity index (χ0v) is 20.8. The van der Waals surface area contributed by atoms with Gasteiger partial charge in [-0.2, -0.15) is 0 Å². The van der Waals surface area contributed by atoms with E-state index >= 15 is 0 Å². The lowest BCUT2D eigenvalue weighted by Crippen LogP contribution is -2.37. The first kappa shape index (κ1) is 23.3. The van der Waals surface area contributed by atoms with Crippen LogP contribution in [-0.4, -0.2) is 41.1 Å². The summed E-state index contributed by atoms with van der Waals surface area (Å²) in [5.41, 5.74) is 2.07. The van der Waals surface area contributed by atoms with E-state index in [9.17, 15) is 9.59 Å². The van der Waals surface area contributed by atoms with Gasteiger partial charge in [0, 0.05) is 24.4 Å². The van der Waals surface area contributed by atoms with E-state index in [2.05, 4.69) is 25.8 Å². The van der Waals surface area contributed by atoms with Crippen molar-refractivity contribution in [1.82, 2.24) is 14.5 Å². The fourth-order valence-corrected chi connectivity index (χ4v) is 5.44. The highest BCUT2D eigenvalue weighted by Gasteiger charge is 2.28. The Labute approximate surface area is 198 Å². The predicted molar refractivity (Wildman–Crippen MR) is 130 cm³/mol. The van der Waals surface area contributed by atoms with Crippen molar-refractivity contribution in [2.75, 3.05) is 20.8 Å². The van der Waals surface area contributed by atoms with E-state index in [1.807, 2.05) is 23.1 Å². The first-order valence-electron chi connectivity index (χ1n) is 11.2. The van der Waals surface area contributed by atoms with Gasteiger partial charge in [0.1, 0.15) is 4.83 Å². The van der Waals surface area contributed by atoms with Crippen LogP contribution in [0.1, 0.15) is 43.2 Å². The summed E-state index contributed by atoms with van der Waals surface area (Å²) in [7, 11) is 3.22. The molecule has 4 rings (SSSR count). The van der Waals surface area contributed by atoms with Gasteiger partial charge < -0.3 is 14.4 Å². The molecule has 1 aliphatic heterocycles. The largest absolute Gasteiger partial charge is 0.493 e. The third kappa shape index (κ3) is 4.90. The molecule has 0 fully saturated rings. The predicted octanol–water partition coefficient (Wildman–Crippen LogP) is 4.04. The van der Waals surface area contributed by atoms with E-state index in [4.69, 9.17) is 9.47 Å². The van der Waals surface area contributed by atoms with Crippen LogP contribution in [0.25, 0.3) is 10.2 Å². The molecule has 3 aromatic rings. The Morgan fingerprint density at radius 1 is 1.18 bits per heavy atom.